The van der Waals surface area contributed by atoms with Gasteiger partial charge in [-0.2, -0.15) is 0 Å². The highest BCUT2D eigenvalue weighted by molar-refractivity contribution is 7.98. The van der Waals surface area contributed by atoms with Gasteiger partial charge in [0.1, 0.15) is 11.3 Å². The molecule has 0 fully saturated rings. The zero-order chi connectivity index (χ0) is 15.5. The Morgan fingerprint density at radius 3 is 2.78 bits per heavy atom. The first kappa shape index (κ1) is 14.2. The second-order valence-electron chi connectivity index (χ2n) is 4.68. The summed E-state index contributed by atoms with van der Waals surface area (Å²) in [7, 11) is 0. The molecule has 0 atom stereocenters. The number of aromatic nitrogens is 3. The van der Waals surface area contributed by atoms with Crippen molar-refractivity contribution in [2.75, 3.05) is 0 Å². The molecule has 0 saturated heterocycles. The van der Waals surface area contributed by atoms with E-state index in [9.17, 15) is 0 Å². The summed E-state index contributed by atoms with van der Waals surface area (Å²) in [6.07, 6.45) is 3.34. The molecule has 0 aliphatic rings. The van der Waals surface area contributed by atoms with E-state index in [1.165, 1.54) is 11.8 Å². The minimum atomic E-state index is 0.533. The summed E-state index contributed by atoms with van der Waals surface area (Å²) in [6, 6.07) is 11.6. The molecule has 114 valence electrons. The molecule has 4 rings (SSSR count). The minimum Gasteiger partial charge on any atom is -0.472 e. The van der Waals surface area contributed by atoms with Gasteiger partial charge in [0.15, 0.2) is 0 Å². The van der Waals surface area contributed by atoms with Crippen LogP contribution >= 0.6 is 23.1 Å². The molecule has 5 nitrogen and oxygen atoms in total. The average molecular weight is 341 g/mol. The number of furan rings is 1. The smallest absolute Gasteiger partial charge is 0.277 e. The van der Waals surface area contributed by atoms with Gasteiger partial charge in [0.05, 0.1) is 12.0 Å². The second-order valence-corrected chi connectivity index (χ2v) is 6.47. The fourth-order valence-electron chi connectivity index (χ4n) is 1.99. The first-order chi connectivity index (χ1) is 11.4. The predicted octanol–water partition coefficient (Wildman–Crippen LogP) is 4.75. The number of rotatable bonds is 5. The highest BCUT2D eigenvalue weighted by atomic mass is 32.2. The topological polar surface area (TPSA) is 65.0 Å². The summed E-state index contributed by atoms with van der Waals surface area (Å²) in [5.41, 5.74) is 2.90. The van der Waals surface area contributed by atoms with Crippen LogP contribution in [0.5, 0.6) is 0 Å². The van der Waals surface area contributed by atoms with E-state index in [-0.39, 0.29) is 0 Å². The van der Waals surface area contributed by atoms with Gasteiger partial charge in [0.25, 0.3) is 5.22 Å². The van der Waals surface area contributed by atoms with E-state index in [4.69, 9.17) is 8.83 Å². The fourth-order valence-corrected chi connectivity index (χ4v) is 3.56. The van der Waals surface area contributed by atoms with Crippen LogP contribution in [0.15, 0.2) is 68.4 Å². The van der Waals surface area contributed by atoms with E-state index < -0.39 is 0 Å². The average Bonchev–Trinajstić information content (AvgIpc) is 3.33. The molecule has 0 bridgehead atoms. The summed E-state index contributed by atoms with van der Waals surface area (Å²) in [6.45, 7) is 0. The molecule has 1 aromatic carbocycles. The highest BCUT2D eigenvalue weighted by Crippen LogP contribution is 2.29. The standard InChI is InChI=1S/C16H11N3O2S2/c1-2-4-11(5-3-1)14-18-19-16(21-14)23-10-13-9-22-15(17-13)12-6-7-20-8-12/h1-9H,10H2. The van der Waals surface area contributed by atoms with Crippen LogP contribution in [-0.2, 0) is 5.75 Å². The highest BCUT2D eigenvalue weighted by Gasteiger charge is 2.11. The van der Waals surface area contributed by atoms with Gasteiger partial charge in [-0.05, 0) is 18.2 Å². The Labute approximate surface area is 140 Å². The summed E-state index contributed by atoms with van der Waals surface area (Å²) in [4.78, 5) is 4.58. The summed E-state index contributed by atoms with van der Waals surface area (Å²) < 4.78 is 10.8. The molecule has 4 aromatic rings. The minimum absolute atomic E-state index is 0.533. The zero-order valence-corrected chi connectivity index (χ0v) is 13.5. The molecule has 3 heterocycles. The van der Waals surface area contributed by atoms with E-state index in [2.05, 4.69) is 15.2 Å². The van der Waals surface area contributed by atoms with Crippen molar-refractivity contribution in [1.82, 2.24) is 15.2 Å². The van der Waals surface area contributed by atoms with Gasteiger partial charge in [-0.25, -0.2) is 4.98 Å². The molecule has 0 spiro atoms. The lowest BCUT2D eigenvalue weighted by molar-refractivity contribution is 0.466. The van der Waals surface area contributed by atoms with Gasteiger partial charge in [-0.3, -0.25) is 0 Å². The van der Waals surface area contributed by atoms with Crippen LogP contribution in [0.4, 0.5) is 0 Å². The van der Waals surface area contributed by atoms with E-state index >= 15 is 0 Å². The van der Waals surface area contributed by atoms with Crippen LogP contribution in [0.25, 0.3) is 22.0 Å². The van der Waals surface area contributed by atoms with Gasteiger partial charge < -0.3 is 8.83 Å². The maximum Gasteiger partial charge on any atom is 0.277 e. The maximum atomic E-state index is 5.67. The third-order valence-electron chi connectivity index (χ3n) is 3.09. The quantitative estimate of drug-likeness (QED) is 0.488. The van der Waals surface area contributed by atoms with Crippen molar-refractivity contribution in [1.29, 1.82) is 0 Å². The van der Waals surface area contributed by atoms with Crippen LogP contribution in [0.1, 0.15) is 5.69 Å². The maximum absolute atomic E-state index is 5.67. The van der Waals surface area contributed by atoms with Gasteiger partial charge in [-0.1, -0.05) is 30.0 Å². The molecule has 0 unspecified atom stereocenters. The van der Waals surface area contributed by atoms with E-state index in [0.717, 1.165) is 21.8 Å². The number of hydrogen-bond donors (Lipinski definition) is 0. The van der Waals surface area contributed by atoms with Crippen LogP contribution < -0.4 is 0 Å². The molecule has 7 heteroatoms. The molecule has 0 amide bonds. The lowest BCUT2D eigenvalue weighted by Gasteiger charge is -1.93. The molecule has 23 heavy (non-hydrogen) atoms. The Morgan fingerprint density at radius 2 is 1.96 bits per heavy atom. The lowest BCUT2D eigenvalue weighted by atomic mass is 10.2. The zero-order valence-electron chi connectivity index (χ0n) is 11.9. The molecule has 0 aliphatic carbocycles. The Balaban J connectivity index is 1.43. The van der Waals surface area contributed by atoms with Gasteiger partial charge >= 0.3 is 0 Å². The molecule has 0 radical (unpaired) electrons. The van der Waals surface area contributed by atoms with Crippen LogP contribution in [0, 0.1) is 0 Å². The lowest BCUT2D eigenvalue weighted by Crippen LogP contribution is -1.81. The van der Waals surface area contributed by atoms with E-state index in [1.54, 1.807) is 23.9 Å². The molecular formula is C16H11N3O2S2. The molecule has 0 saturated carbocycles. The summed E-state index contributed by atoms with van der Waals surface area (Å²) in [5.74, 6) is 1.22. The Kier molecular flexibility index (Phi) is 3.95. The second kappa shape index (κ2) is 6.39. The SMILES string of the molecule is c1ccc(-c2nnc(SCc3csc(-c4ccoc4)n3)o2)cc1. The van der Waals surface area contributed by atoms with Crippen LogP contribution in [0.3, 0.4) is 0 Å². The third-order valence-corrected chi connectivity index (χ3v) is 4.88. The van der Waals surface area contributed by atoms with Crippen molar-refractivity contribution in [2.24, 2.45) is 0 Å². The molecule has 3 aromatic heterocycles. The Bertz CT molecular complexity index is 885. The van der Waals surface area contributed by atoms with Crippen molar-refractivity contribution in [2.45, 2.75) is 11.0 Å². The first-order valence-electron chi connectivity index (χ1n) is 6.87. The predicted molar refractivity (Wildman–Crippen MR) is 89.1 cm³/mol. The number of thiazole rings is 1. The number of nitrogens with zero attached hydrogens (tertiary/aromatic N) is 3. The van der Waals surface area contributed by atoms with Crippen molar-refractivity contribution >= 4 is 23.1 Å². The number of hydrogen-bond acceptors (Lipinski definition) is 7. The molecule has 0 N–H and O–H groups in total. The Hall–Kier alpha value is -2.38. The summed E-state index contributed by atoms with van der Waals surface area (Å²) >= 11 is 3.07. The summed E-state index contributed by atoms with van der Waals surface area (Å²) in [5, 5.41) is 11.7. The number of thioether (sulfide) groups is 1. The van der Waals surface area contributed by atoms with Gasteiger partial charge in [0.2, 0.25) is 5.89 Å². The van der Waals surface area contributed by atoms with Crippen molar-refractivity contribution in [3.8, 4) is 22.0 Å². The van der Waals surface area contributed by atoms with E-state index in [1.807, 2.05) is 41.8 Å². The molecule has 0 aliphatic heterocycles. The number of benzene rings is 1. The Morgan fingerprint density at radius 1 is 1.04 bits per heavy atom. The largest absolute Gasteiger partial charge is 0.472 e. The first-order valence-corrected chi connectivity index (χ1v) is 8.74. The van der Waals surface area contributed by atoms with Gasteiger partial charge in [0, 0.05) is 22.3 Å². The van der Waals surface area contributed by atoms with Gasteiger partial charge in [-0.15, -0.1) is 21.5 Å². The monoisotopic (exact) mass is 341 g/mol. The van der Waals surface area contributed by atoms with E-state index in [0.29, 0.717) is 16.9 Å². The van der Waals surface area contributed by atoms with Crippen LogP contribution in [0.2, 0.25) is 0 Å². The normalized spacial score (nSPS) is 11.0. The third kappa shape index (κ3) is 3.20. The van der Waals surface area contributed by atoms with Crippen molar-refractivity contribution < 1.29 is 8.83 Å². The fraction of sp³-hybridized carbons (Fsp3) is 0.0625. The molecular weight excluding hydrogens is 330 g/mol. The van der Waals surface area contributed by atoms with Crippen LogP contribution in [-0.4, -0.2) is 15.2 Å². The van der Waals surface area contributed by atoms with Crippen molar-refractivity contribution in [3.63, 3.8) is 0 Å². The van der Waals surface area contributed by atoms with Crippen molar-refractivity contribution in [3.05, 3.63) is 60.0 Å².